The van der Waals surface area contributed by atoms with Crippen LogP contribution in [0.2, 0.25) is 5.15 Å². The van der Waals surface area contributed by atoms with E-state index in [1.807, 2.05) is 20.8 Å². The highest BCUT2D eigenvalue weighted by molar-refractivity contribution is 6.29. The van der Waals surface area contributed by atoms with Crippen LogP contribution in [0.1, 0.15) is 36.8 Å². The van der Waals surface area contributed by atoms with Crippen molar-refractivity contribution in [3.8, 4) is 0 Å². The van der Waals surface area contributed by atoms with Crippen LogP contribution in [0, 0.1) is 0 Å². The summed E-state index contributed by atoms with van der Waals surface area (Å²) in [5.41, 5.74) is 0.457. The molecule has 0 radical (unpaired) electrons. The molecule has 0 saturated carbocycles. The molecule has 1 aromatic rings. The zero-order chi connectivity index (χ0) is 16.2. The smallest absolute Gasteiger partial charge is 0.255 e. The minimum absolute atomic E-state index is 0.131. The molecule has 1 amide bonds. The largest absolute Gasteiger partial charge is 0.395 e. The summed E-state index contributed by atoms with van der Waals surface area (Å²) in [6.07, 6.45) is -2.67. The van der Waals surface area contributed by atoms with Crippen LogP contribution < -0.4 is 0 Å². The molecule has 0 fully saturated rings. The first-order valence-corrected chi connectivity index (χ1v) is 6.89. The molecule has 21 heavy (non-hydrogen) atoms. The van der Waals surface area contributed by atoms with Gasteiger partial charge in [0.2, 0.25) is 0 Å². The van der Waals surface area contributed by atoms with E-state index in [1.54, 1.807) is 6.07 Å². The molecule has 0 aliphatic carbocycles. The first kappa shape index (κ1) is 17.8. The Kier molecular flexibility index (Phi) is 6.04. The van der Waals surface area contributed by atoms with Crippen molar-refractivity contribution in [1.29, 1.82) is 0 Å². The number of aliphatic hydroxyl groups excluding tert-OH is 1. The minimum atomic E-state index is -2.67. The number of rotatable bonds is 5. The molecule has 0 bridgehead atoms. The number of hydrogen-bond acceptors (Lipinski definition) is 3. The molecule has 1 rings (SSSR count). The predicted octanol–water partition coefficient (Wildman–Crippen LogP) is 2.73. The fourth-order valence-corrected chi connectivity index (χ4v) is 1.96. The standard InChI is InChI=1S/C14H19ClF2N2O2/c1-14(2,3)10-6-9(7-11(15)18-10)13(21)19(4-5-20)8-12(16)17/h6-7,12,20H,4-5,8H2,1-3H3. The van der Waals surface area contributed by atoms with Crippen molar-refractivity contribution < 1.29 is 18.7 Å². The highest BCUT2D eigenvalue weighted by Crippen LogP contribution is 2.24. The van der Waals surface area contributed by atoms with Gasteiger partial charge in [-0.15, -0.1) is 0 Å². The fourth-order valence-electron chi connectivity index (χ4n) is 1.75. The molecule has 0 saturated heterocycles. The highest BCUT2D eigenvalue weighted by atomic mass is 35.5. The van der Waals surface area contributed by atoms with Crippen LogP contribution in [-0.2, 0) is 5.41 Å². The zero-order valence-corrected chi connectivity index (χ0v) is 13.0. The second-order valence-electron chi connectivity index (χ2n) is 5.68. The zero-order valence-electron chi connectivity index (χ0n) is 12.2. The van der Waals surface area contributed by atoms with Crippen LogP contribution in [-0.4, -0.2) is 47.0 Å². The molecule has 4 nitrogen and oxygen atoms in total. The summed E-state index contributed by atoms with van der Waals surface area (Å²) >= 11 is 5.91. The molecular formula is C14H19ClF2N2O2. The summed E-state index contributed by atoms with van der Waals surface area (Å²) in [5.74, 6) is -0.598. The Bertz CT molecular complexity index is 504. The van der Waals surface area contributed by atoms with E-state index < -0.39 is 18.9 Å². The molecule has 1 N–H and O–H groups in total. The van der Waals surface area contributed by atoms with Crippen molar-refractivity contribution in [1.82, 2.24) is 9.88 Å². The molecule has 1 aromatic heterocycles. The van der Waals surface area contributed by atoms with Crippen molar-refractivity contribution in [2.45, 2.75) is 32.6 Å². The topological polar surface area (TPSA) is 53.4 Å². The van der Waals surface area contributed by atoms with E-state index in [1.165, 1.54) is 6.07 Å². The number of amides is 1. The van der Waals surface area contributed by atoms with Gasteiger partial charge in [-0.3, -0.25) is 4.79 Å². The molecule has 7 heteroatoms. The Morgan fingerprint density at radius 2 is 2.05 bits per heavy atom. The van der Waals surface area contributed by atoms with Gasteiger partial charge in [0.15, 0.2) is 0 Å². The first-order chi connectivity index (χ1) is 9.65. The second kappa shape index (κ2) is 7.13. The first-order valence-electron chi connectivity index (χ1n) is 6.51. The van der Waals surface area contributed by atoms with Gasteiger partial charge in [-0.2, -0.15) is 0 Å². The Labute approximate surface area is 127 Å². The predicted molar refractivity (Wildman–Crippen MR) is 76.9 cm³/mol. The normalized spacial score (nSPS) is 11.8. The van der Waals surface area contributed by atoms with Gasteiger partial charge in [-0.05, 0) is 12.1 Å². The van der Waals surface area contributed by atoms with Crippen molar-refractivity contribution in [3.63, 3.8) is 0 Å². The van der Waals surface area contributed by atoms with E-state index >= 15 is 0 Å². The maximum Gasteiger partial charge on any atom is 0.255 e. The number of pyridine rings is 1. The molecule has 0 aromatic carbocycles. The lowest BCUT2D eigenvalue weighted by atomic mass is 9.91. The summed E-state index contributed by atoms with van der Waals surface area (Å²) in [4.78, 5) is 17.4. The van der Waals surface area contributed by atoms with Gasteiger partial charge in [0, 0.05) is 23.2 Å². The van der Waals surface area contributed by atoms with Crippen molar-refractivity contribution in [2.75, 3.05) is 19.7 Å². The lowest BCUT2D eigenvalue weighted by Gasteiger charge is -2.23. The van der Waals surface area contributed by atoms with Crippen LogP contribution >= 0.6 is 11.6 Å². The highest BCUT2D eigenvalue weighted by Gasteiger charge is 2.23. The lowest BCUT2D eigenvalue weighted by Crippen LogP contribution is -2.37. The van der Waals surface area contributed by atoms with E-state index in [9.17, 15) is 13.6 Å². The lowest BCUT2D eigenvalue weighted by molar-refractivity contribution is 0.0509. The Morgan fingerprint density at radius 1 is 1.43 bits per heavy atom. The summed E-state index contributed by atoms with van der Waals surface area (Å²) in [6.45, 7) is 4.45. The average Bonchev–Trinajstić information content (AvgIpc) is 2.35. The van der Waals surface area contributed by atoms with Crippen LogP contribution in [0.5, 0.6) is 0 Å². The van der Waals surface area contributed by atoms with Crippen molar-refractivity contribution in [2.24, 2.45) is 0 Å². The van der Waals surface area contributed by atoms with E-state index in [2.05, 4.69) is 4.98 Å². The monoisotopic (exact) mass is 320 g/mol. The van der Waals surface area contributed by atoms with Crippen LogP contribution in [0.4, 0.5) is 8.78 Å². The third-order valence-corrected chi connectivity index (χ3v) is 3.02. The molecule has 0 spiro atoms. The maximum absolute atomic E-state index is 12.5. The Morgan fingerprint density at radius 3 is 2.52 bits per heavy atom. The number of carbonyl (C=O) groups is 1. The van der Waals surface area contributed by atoms with Gasteiger partial charge in [0.05, 0.1) is 13.2 Å². The number of aliphatic hydroxyl groups is 1. The fraction of sp³-hybridized carbons (Fsp3) is 0.571. The van der Waals surface area contributed by atoms with Crippen LogP contribution in [0.15, 0.2) is 12.1 Å². The van der Waals surface area contributed by atoms with Crippen LogP contribution in [0.3, 0.4) is 0 Å². The van der Waals surface area contributed by atoms with E-state index in [-0.39, 0.29) is 29.3 Å². The molecular weight excluding hydrogens is 302 g/mol. The number of nitrogens with zero attached hydrogens (tertiary/aromatic N) is 2. The van der Waals surface area contributed by atoms with Crippen molar-refractivity contribution in [3.05, 3.63) is 28.5 Å². The van der Waals surface area contributed by atoms with Gasteiger partial charge in [-0.25, -0.2) is 13.8 Å². The SMILES string of the molecule is CC(C)(C)c1cc(C(=O)N(CCO)CC(F)F)cc(Cl)n1. The third-order valence-electron chi connectivity index (χ3n) is 2.82. The molecule has 0 unspecified atom stereocenters. The van der Waals surface area contributed by atoms with E-state index in [4.69, 9.17) is 16.7 Å². The van der Waals surface area contributed by atoms with E-state index in [0.29, 0.717) is 5.69 Å². The number of aromatic nitrogens is 1. The number of halogens is 3. The molecule has 0 atom stereocenters. The van der Waals surface area contributed by atoms with Crippen LogP contribution in [0.25, 0.3) is 0 Å². The van der Waals surface area contributed by atoms with Gasteiger partial charge >= 0.3 is 0 Å². The Balaban J connectivity index is 3.12. The number of hydrogen-bond donors (Lipinski definition) is 1. The number of carbonyl (C=O) groups excluding carboxylic acids is 1. The average molecular weight is 321 g/mol. The summed E-state index contributed by atoms with van der Waals surface area (Å²) in [7, 11) is 0. The summed E-state index contributed by atoms with van der Waals surface area (Å²) in [6, 6.07) is 2.89. The van der Waals surface area contributed by atoms with Crippen molar-refractivity contribution >= 4 is 17.5 Å². The summed E-state index contributed by atoms with van der Waals surface area (Å²) < 4.78 is 25.0. The summed E-state index contributed by atoms with van der Waals surface area (Å²) in [5, 5.41) is 9.04. The molecule has 118 valence electrons. The quantitative estimate of drug-likeness (QED) is 0.849. The Hall–Kier alpha value is -1.27. The van der Waals surface area contributed by atoms with Gasteiger partial charge in [0.25, 0.3) is 12.3 Å². The minimum Gasteiger partial charge on any atom is -0.395 e. The molecule has 0 aliphatic rings. The maximum atomic E-state index is 12.5. The third kappa shape index (κ3) is 5.21. The molecule has 0 aliphatic heterocycles. The molecule has 1 heterocycles. The number of alkyl halides is 2. The van der Waals surface area contributed by atoms with Gasteiger partial charge in [0.1, 0.15) is 5.15 Å². The van der Waals surface area contributed by atoms with Gasteiger partial charge < -0.3 is 10.0 Å². The second-order valence-corrected chi connectivity index (χ2v) is 6.07. The van der Waals surface area contributed by atoms with E-state index in [0.717, 1.165) is 4.90 Å². The van der Waals surface area contributed by atoms with Gasteiger partial charge in [-0.1, -0.05) is 32.4 Å².